The van der Waals surface area contributed by atoms with Crippen LogP contribution in [0.2, 0.25) is 0 Å². The van der Waals surface area contributed by atoms with E-state index in [1.807, 2.05) is 6.07 Å². The molecule has 0 bridgehead atoms. The van der Waals surface area contributed by atoms with Gasteiger partial charge in [-0.3, -0.25) is 0 Å². The van der Waals surface area contributed by atoms with Gasteiger partial charge in [0.25, 0.3) is 0 Å². The van der Waals surface area contributed by atoms with E-state index in [2.05, 4.69) is 55.9 Å². The summed E-state index contributed by atoms with van der Waals surface area (Å²) in [5.41, 5.74) is 2.28. The predicted molar refractivity (Wildman–Crippen MR) is 76.6 cm³/mol. The van der Waals surface area contributed by atoms with Crippen LogP contribution in [0.3, 0.4) is 0 Å². The van der Waals surface area contributed by atoms with Gasteiger partial charge in [0, 0.05) is 7.05 Å². The van der Waals surface area contributed by atoms with Gasteiger partial charge < -0.3 is 9.88 Å². The van der Waals surface area contributed by atoms with Crippen molar-refractivity contribution in [1.82, 2.24) is 14.9 Å². The summed E-state index contributed by atoms with van der Waals surface area (Å²) in [7, 11) is 2.09. The molecule has 0 aliphatic carbocycles. The van der Waals surface area contributed by atoms with Gasteiger partial charge in [-0.05, 0) is 37.9 Å². The third-order valence-electron chi connectivity index (χ3n) is 3.38. The lowest BCUT2D eigenvalue weighted by Crippen LogP contribution is -2.23. The summed E-state index contributed by atoms with van der Waals surface area (Å²) < 4.78 is 2.18. The SMILES string of the molecule is CC(C)CCNC(C)c1nc2ccccc2n1C. The molecule has 3 heteroatoms. The van der Waals surface area contributed by atoms with Crippen molar-refractivity contribution < 1.29 is 0 Å². The Morgan fingerprint density at radius 3 is 2.61 bits per heavy atom. The third-order valence-corrected chi connectivity index (χ3v) is 3.38. The molecule has 1 aromatic carbocycles. The van der Waals surface area contributed by atoms with Crippen LogP contribution in [-0.4, -0.2) is 16.1 Å². The Labute approximate surface area is 109 Å². The third kappa shape index (κ3) is 2.72. The number of aromatic nitrogens is 2. The molecule has 2 rings (SSSR count). The van der Waals surface area contributed by atoms with Crippen LogP contribution in [0.1, 0.15) is 39.1 Å². The fourth-order valence-electron chi connectivity index (χ4n) is 2.23. The Kier molecular flexibility index (Phi) is 4.02. The molecule has 1 heterocycles. The molecule has 2 aromatic rings. The molecular formula is C15H23N3. The van der Waals surface area contributed by atoms with Crippen LogP contribution >= 0.6 is 0 Å². The first-order valence-corrected chi connectivity index (χ1v) is 6.74. The first-order chi connectivity index (χ1) is 8.59. The summed E-state index contributed by atoms with van der Waals surface area (Å²) in [4.78, 5) is 4.71. The summed E-state index contributed by atoms with van der Waals surface area (Å²) in [6, 6.07) is 8.58. The molecule has 0 spiro atoms. The first kappa shape index (κ1) is 13.1. The van der Waals surface area contributed by atoms with E-state index in [4.69, 9.17) is 4.98 Å². The molecule has 0 radical (unpaired) electrons. The van der Waals surface area contributed by atoms with Crippen LogP contribution < -0.4 is 5.32 Å². The highest BCUT2D eigenvalue weighted by Crippen LogP contribution is 2.19. The van der Waals surface area contributed by atoms with Crippen LogP contribution in [0.25, 0.3) is 11.0 Å². The van der Waals surface area contributed by atoms with Gasteiger partial charge in [0.05, 0.1) is 17.1 Å². The highest BCUT2D eigenvalue weighted by molar-refractivity contribution is 5.75. The van der Waals surface area contributed by atoms with E-state index in [1.165, 1.54) is 11.9 Å². The van der Waals surface area contributed by atoms with Crippen LogP contribution in [0, 0.1) is 5.92 Å². The van der Waals surface area contributed by atoms with Gasteiger partial charge >= 0.3 is 0 Å². The van der Waals surface area contributed by atoms with E-state index < -0.39 is 0 Å². The highest BCUT2D eigenvalue weighted by Gasteiger charge is 2.13. The largest absolute Gasteiger partial charge is 0.330 e. The summed E-state index contributed by atoms with van der Waals surface area (Å²) >= 11 is 0. The Bertz CT molecular complexity index is 513. The topological polar surface area (TPSA) is 29.9 Å². The number of imidazole rings is 1. The molecule has 0 saturated carbocycles. The highest BCUT2D eigenvalue weighted by atomic mass is 15.1. The minimum Gasteiger partial charge on any atom is -0.330 e. The maximum Gasteiger partial charge on any atom is 0.126 e. The van der Waals surface area contributed by atoms with Gasteiger partial charge in [-0.2, -0.15) is 0 Å². The normalized spacial score (nSPS) is 13.4. The summed E-state index contributed by atoms with van der Waals surface area (Å²) in [6.45, 7) is 7.73. The first-order valence-electron chi connectivity index (χ1n) is 6.74. The van der Waals surface area contributed by atoms with E-state index in [0.29, 0.717) is 6.04 Å². The van der Waals surface area contributed by atoms with Gasteiger partial charge in [0.1, 0.15) is 5.82 Å². The van der Waals surface area contributed by atoms with Crippen LogP contribution in [0.15, 0.2) is 24.3 Å². The lowest BCUT2D eigenvalue weighted by atomic mass is 10.1. The minimum absolute atomic E-state index is 0.293. The fourth-order valence-corrected chi connectivity index (χ4v) is 2.23. The van der Waals surface area contributed by atoms with Crippen molar-refractivity contribution in [3.05, 3.63) is 30.1 Å². The van der Waals surface area contributed by atoms with E-state index >= 15 is 0 Å². The van der Waals surface area contributed by atoms with Gasteiger partial charge in [0.2, 0.25) is 0 Å². The monoisotopic (exact) mass is 245 g/mol. The van der Waals surface area contributed by atoms with Gasteiger partial charge in [0.15, 0.2) is 0 Å². The molecule has 0 fully saturated rings. The zero-order valence-electron chi connectivity index (χ0n) is 11.8. The number of fused-ring (bicyclic) bond motifs is 1. The van der Waals surface area contributed by atoms with Crippen molar-refractivity contribution in [1.29, 1.82) is 0 Å². The molecule has 1 atom stereocenters. The smallest absolute Gasteiger partial charge is 0.126 e. The number of benzene rings is 1. The predicted octanol–water partition coefficient (Wildman–Crippen LogP) is 3.27. The van der Waals surface area contributed by atoms with Crippen LogP contribution in [0.5, 0.6) is 0 Å². The summed E-state index contributed by atoms with van der Waals surface area (Å²) in [6.07, 6.45) is 1.20. The Morgan fingerprint density at radius 1 is 1.22 bits per heavy atom. The number of nitrogens with one attached hydrogen (secondary N) is 1. The molecule has 3 nitrogen and oxygen atoms in total. The zero-order chi connectivity index (χ0) is 13.1. The zero-order valence-corrected chi connectivity index (χ0v) is 11.8. The standard InChI is InChI=1S/C15H23N3/c1-11(2)9-10-16-12(3)15-17-13-7-5-6-8-14(13)18(15)4/h5-8,11-12,16H,9-10H2,1-4H3. The minimum atomic E-state index is 0.293. The molecule has 0 amide bonds. The number of hydrogen-bond acceptors (Lipinski definition) is 2. The van der Waals surface area contributed by atoms with Gasteiger partial charge in [-0.15, -0.1) is 0 Å². The van der Waals surface area contributed by atoms with E-state index in [0.717, 1.165) is 23.8 Å². The number of rotatable bonds is 5. The van der Waals surface area contributed by atoms with Crippen molar-refractivity contribution >= 4 is 11.0 Å². The molecule has 0 saturated heterocycles. The van der Waals surface area contributed by atoms with Crippen LogP contribution in [0.4, 0.5) is 0 Å². The Hall–Kier alpha value is -1.35. The second-order valence-corrected chi connectivity index (χ2v) is 5.38. The molecule has 1 unspecified atom stereocenters. The molecule has 1 aromatic heterocycles. The number of aryl methyl sites for hydroxylation is 1. The molecule has 18 heavy (non-hydrogen) atoms. The summed E-state index contributed by atoms with van der Waals surface area (Å²) in [5, 5.41) is 3.55. The van der Waals surface area contributed by atoms with Gasteiger partial charge in [-0.25, -0.2) is 4.98 Å². The molecular weight excluding hydrogens is 222 g/mol. The quantitative estimate of drug-likeness (QED) is 0.876. The average Bonchev–Trinajstić information content (AvgIpc) is 2.67. The number of hydrogen-bond donors (Lipinski definition) is 1. The second-order valence-electron chi connectivity index (χ2n) is 5.38. The number of para-hydroxylation sites is 2. The summed E-state index contributed by atoms with van der Waals surface area (Å²) in [5.74, 6) is 1.85. The number of nitrogens with zero attached hydrogens (tertiary/aromatic N) is 2. The maximum absolute atomic E-state index is 4.71. The molecule has 0 aliphatic heterocycles. The Balaban J connectivity index is 2.12. The van der Waals surface area contributed by atoms with Crippen molar-refractivity contribution in [2.45, 2.75) is 33.2 Å². The van der Waals surface area contributed by atoms with Crippen molar-refractivity contribution in [2.24, 2.45) is 13.0 Å². The average molecular weight is 245 g/mol. The van der Waals surface area contributed by atoms with Crippen molar-refractivity contribution in [2.75, 3.05) is 6.54 Å². The molecule has 1 N–H and O–H groups in total. The fraction of sp³-hybridized carbons (Fsp3) is 0.533. The molecule has 98 valence electrons. The van der Waals surface area contributed by atoms with Crippen molar-refractivity contribution in [3.8, 4) is 0 Å². The van der Waals surface area contributed by atoms with E-state index in [1.54, 1.807) is 0 Å². The lowest BCUT2D eigenvalue weighted by molar-refractivity contribution is 0.479. The van der Waals surface area contributed by atoms with E-state index in [-0.39, 0.29) is 0 Å². The second kappa shape index (κ2) is 5.53. The van der Waals surface area contributed by atoms with E-state index in [9.17, 15) is 0 Å². The van der Waals surface area contributed by atoms with Gasteiger partial charge in [-0.1, -0.05) is 26.0 Å². The van der Waals surface area contributed by atoms with Crippen LogP contribution in [-0.2, 0) is 7.05 Å². The molecule has 0 aliphatic rings. The maximum atomic E-state index is 4.71. The van der Waals surface area contributed by atoms with Crippen molar-refractivity contribution in [3.63, 3.8) is 0 Å². The lowest BCUT2D eigenvalue weighted by Gasteiger charge is -2.14. The Morgan fingerprint density at radius 2 is 1.94 bits per heavy atom.